The van der Waals surface area contributed by atoms with Crippen LogP contribution in [0.15, 0.2) is 35.3 Å². The van der Waals surface area contributed by atoms with E-state index in [1.54, 1.807) is 13.8 Å². The lowest BCUT2D eigenvalue weighted by Crippen LogP contribution is -2.36. The summed E-state index contributed by atoms with van der Waals surface area (Å²) < 4.78 is 62.9. The number of nitrogens with zero attached hydrogens (tertiary/aromatic N) is 2. The van der Waals surface area contributed by atoms with E-state index in [4.69, 9.17) is 0 Å². The second kappa shape index (κ2) is 8.14. The summed E-state index contributed by atoms with van der Waals surface area (Å²) in [6.07, 6.45) is -7.26. The minimum Gasteiger partial charge on any atom is -0.354 e. The first-order valence-corrected chi connectivity index (χ1v) is 7.73. The number of aromatic nitrogens is 2. The van der Waals surface area contributed by atoms with Crippen LogP contribution in [-0.4, -0.2) is 28.1 Å². The number of rotatable bonds is 4. The smallest absolute Gasteiger partial charge is 0.354 e. The average molecular weight is 389 g/mol. The van der Waals surface area contributed by atoms with Crippen LogP contribution in [0.4, 0.5) is 27.8 Å². The third-order valence-electron chi connectivity index (χ3n) is 3.18. The number of halogens is 5. The van der Waals surface area contributed by atoms with Gasteiger partial charge in [0, 0.05) is 17.7 Å². The van der Waals surface area contributed by atoms with Gasteiger partial charge in [0.1, 0.15) is 5.69 Å². The minimum atomic E-state index is -4.51. The number of anilines is 1. The number of hydrogen-bond donors (Lipinski definition) is 3. The molecule has 0 spiro atoms. The number of amides is 1. The van der Waals surface area contributed by atoms with Gasteiger partial charge in [-0.2, -0.15) is 23.3 Å². The Bertz CT molecular complexity index is 811. The molecule has 2 rings (SSSR count). The normalized spacial score (nSPS) is 12.6. The van der Waals surface area contributed by atoms with Gasteiger partial charge in [-0.3, -0.25) is 9.89 Å². The van der Waals surface area contributed by atoms with Gasteiger partial charge in [0.2, 0.25) is 5.96 Å². The van der Waals surface area contributed by atoms with Gasteiger partial charge in [-0.25, -0.2) is 8.78 Å². The molecule has 1 amide bonds. The molecule has 6 nitrogen and oxygen atoms in total. The Hall–Kier alpha value is -2.98. The van der Waals surface area contributed by atoms with Gasteiger partial charge in [0.15, 0.2) is 5.82 Å². The molecule has 1 aromatic carbocycles. The Morgan fingerprint density at radius 1 is 1.19 bits per heavy atom. The summed E-state index contributed by atoms with van der Waals surface area (Å²) in [6.45, 7) is 3.49. The molecule has 2 aromatic rings. The van der Waals surface area contributed by atoms with Gasteiger partial charge in [0.05, 0.1) is 5.56 Å². The number of aliphatic imine (C=N–C) groups is 1. The number of benzene rings is 1. The fourth-order valence-corrected chi connectivity index (χ4v) is 1.97. The van der Waals surface area contributed by atoms with Crippen molar-refractivity contribution in [1.82, 2.24) is 15.5 Å². The molecule has 0 saturated carbocycles. The minimum absolute atomic E-state index is 0.00239. The second-order valence-corrected chi connectivity index (χ2v) is 5.77. The van der Waals surface area contributed by atoms with Crippen LogP contribution in [0, 0.1) is 0 Å². The Morgan fingerprint density at radius 3 is 2.30 bits per heavy atom. The Balaban J connectivity index is 2.21. The number of guanidine groups is 1. The third-order valence-corrected chi connectivity index (χ3v) is 3.18. The number of carbonyl (C=O) groups is 1. The maximum absolute atomic E-state index is 12.6. The zero-order valence-electron chi connectivity index (χ0n) is 14.2. The lowest BCUT2D eigenvalue weighted by atomic mass is 10.1. The van der Waals surface area contributed by atoms with Gasteiger partial charge in [-0.05, 0) is 38.1 Å². The molecule has 0 atom stereocenters. The third kappa shape index (κ3) is 5.76. The zero-order chi connectivity index (χ0) is 20.2. The molecule has 0 radical (unpaired) electrons. The van der Waals surface area contributed by atoms with Crippen molar-refractivity contribution >= 4 is 17.7 Å². The lowest BCUT2D eigenvalue weighted by molar-refractivity contribution is -0.137. The summed E-state index contributed by atoms with van der Waals surface area (Å²) >= 11 is 0. The predicted octanol–water partition coefficient (Wildman–Crippen LogP) is 3.97. The first-order valence-electron chi connectivity index (χ1n) is 7.73. The van der Waals surface area contributed by atoms with E-state index in [-0.39, 0.29) is 23.4 Å². The fourth-order valence-electron chi connectivity index (χ4n) is 1.97. The van der Waals surface area contributed by atoms with Gasteiger partial charge in [-0.1, -0.05) is 0 Å². The molecule has 0 aliphatic heterocycles. The highest BCUT2D eigenvalue weighted by Crippen LogP contribution is 2.29. The topological polar surface area (TPSA) is 82.2 Å². The van der Waals surface area contributed by atoms with Crippen molar-refractivity contribution in [3.63, 3.8) is 0 Å². The summed E-state index contributed by atoms with van der Waals surface area (Å²) in [5.41, 5.74) is -1.38. The molecule has 0 fully saturated rings. The first kappa shape index (κ1) is 20.3. The largest absolute Gasteiger partial charge is 0.416 e. The van der Waals surface area contributed by atoms with Crippen LogP contribution in [0.3, 0.4) is 0 Å². The summed E-state index contributed by atoms with van der Waals surface area (Å²) in [4.78, 5) is 16.0. The summed E-state index contributed by atoms with van der Waals surface area (Å²) in [5.74, 6) is -0.899. The number of nitrogens with one attached hydrogen (secondary N) is 3. The molecule has 0 aliphatic rings. The van der Waals surface area contributed by atoms with Gasteiger partial charge < -0.3 is 10.6 Å². The van der Waals surface area contributed by atoms with Crippen LogP contribution in [0.2, 0.25) is 0 Å². The second-order valence-electron chi connectivity index (χ2n) is 5.77. The lowest BCUT2D eigenvalue weighted by Gasteiger charge is -2.13. The molecule has 3 N–H and O–H groups in total. The van der Waals surface area contributed by atoms with Crippen LogP contribution in [-0.2, 0) is 6.18 Å². The van der Waals surface area contributed by atoms with Crippen molar-refractivity contribution in [1.29, 1.82) is 0 Å². The van der Waals surface area contributed by atoms with E-state index in [2.05, 4.69) is 25.8 Å². The van der Waals surface area contributed by atoms with Crippen LogP contribution in [0.25, 0.3) is 0 Å². The molecular formula is C16H16F5N5O. The van der Waals surface area contributed by atoms with Crippen molar-refractivity contribution < 1.29 is 26.7 Å². The van der Waals surface area contributed by atoms with E-state index >= 15 is 0 Å². The maximum Gasteiger partial charge on any atom is 0.416 e. The molecule has 146 valence electrons. The van der Waals surface area contributed by atoms with E-state index in [9.17, 15) is 26.7 Å². The number of hydrogen-bond acceptors (Lipinski definition) is 2. The quantitative estimate of drug-likeness (QED) is 0.420. The number of alkyl halides is 5. The number of aromatic amines is 1. The van der Waals surface area contributed by atoms with Crippen molar-refractivity contribution in [2.75, 3.05) is 5.32 Å². The van der Waals surface area contributed by atoms with E-state index in [0.29, 0.717) is 0 Å². The van der Waals surface area contributed by atoms with Crippen molar-refractivity contribution in [2.45, 2.75) is 32.5 Å². The first-order chi connectivity index (χ1) is 12.6. The molecule has 11 heteroatoms. The Morgan fingerprint density at radius 2 is 1.81 bits per heavy atom. The SMILES string of the molecule is CC(C)N/C(=N/C(=O)c1ccc(C(F)(F)F)cc1)Nc1cc(C(F)F)[nH]n1. The molecule has 0 bridgehead atoms. The molecule has 0 unspecified atom stereocenters. The predicted molar refractivity (Wildman–Crippen MR) is 88.6 cm³/mol. The maximum atomic E-state index is 12.6. The highest BCUT2D eigenvalue weighted by molar-refractivity contribution is 6.06. The van der Waals surface area contributed by atoms with Crippen LogP contribution in [0.5, 0.6) is 0 Å². The van der Waals surface area contributed by atoms with E-state index < -0.39 is 29.8 Å². The van der Waals surface area contributed by atoms with E-state index in [1.165, 1.54) is 0 Å². The van der Waals surface area contributed by atoms with Gasteiger partial charge in [-0.15, -0.1) is 0 Å². The average Bonchev–Trinajstić information content (AvgIpc) is 3.02. The summed E-state index contributed by atoms with van der Waals surface area (Å²) in [6, 6.07) is 4.43. The number of carbonyl (C=O) groups excluding carboxylic acids is 1. The van der Waals surface area contributed by atoms with Crippen molar-refractivity contribution in [3.8, 4) is 0 Å². The monoisotopic (exact) mass is 389 g/mol. The Labute approximate surface area is 150 Å². The van der Waals surface area contributed by atoms with Crippen LogP contribution in [0.1, 0.15) is 41.9 Å². The van der Waals surface area contributed by atoms with Gasteiger partial charge in [0.25, 0.3) is 12.3 Å². The Kier molecular flexibility index (Phi) is 6.13. The van der Waals surface area contributed by atoms with Crippen LogP contribution >= 0.6 is 0 Å². The standard InChI is InChI=1S/C16H16F5N5O/c1-8(2)22-15(23-12-7-11(13(17)18)25-26-12)24-14(27)9-3-5-10(6-4-9)16(19,20)21/h3-8,13H,1-2H3,(H3,22,23,24,25,26,27). The van der Waals surface area contributed by atoms with Crippen molar-refractivity contribution in [3.05, 3.63) is 47.2 Å². The molecular weight excluding hydrogens is 373 g/mol. The zero-order valence-corrected chi connectivity index (χ0v) is 14.2. The van der Waals surface area contributed by atoms with Crippen molar-refractivity contribution in [2.24, 2.45) is 4.99 Å². The van der Waals surface area contributed by atoms with Crippen LogP contribution < -0.4 is 10.6 Å². The van der Waals surface area contributed by atoms with E-state index in [0.717, 1.165) is 30.3 Å². The molecule has 0 saturated heterocycles. The fraction of sp³-hybridized carbons (Fsp3) is 0.312. The summed E-state index contributed by atoms with van der Waals surface area (Å²) in [5, 5.41) is 11.1. The number of H-pyrrole nitrogens is 1. The highest BCUT2D eigenvalue weighted by atomic mass is 19.4. The molecule has 1 heterocycles. The molecule has 0 aliphatic carbocycles. The highest BCUT2D eigenvalue weighted by Gasteiger charge is 2.30. The molecule has 27 heavy (non-hydrogen) atoms. The summed E-state index contributed by atoms with van der Waals surface area (Å²) in [7, 11) is 0. The van der Waals surface area contributed by atoms with Gasteiger partial charge >= 0.3 is 6.18 Å². The van der Waals surface area contributed by atoms with E-state index in [1.807, 2.05) is 0 Å². The molecule has 1 aromatic heterocycles.